The lowest BCUT2D eigenvalue weighted by Crippen LogP contribution is -2.54. The molecule has 0 saturated carbocycles. The van der Waals surface area contributed by atoms with Gasteiger partial charge in [0.2, 0.25) is 23.6 Å². The number of carbonyl (C=O) groups excluding carboxylic acids is 5. The highest BCUT2D eigenvalue weighted by atomic mass is 32.1. The van der Waals surface area contributed by atoms with Crippen LogP contribution in [0.25, 0.3) is 0 Å². The molecule has 0 saturated heterocycles. The predicted octanol–water partition coefficient (Wildman–Crippen LogP) is -0.868. The highest BCUT2D eigenvalue weighted by Crippen LogP contribution is 2.20. The van der Waals surface area contributed by atoms with Gasteiger partial charge in [0, 0.05) is 6.54 Å². The Morgan fingerprint density at radius 2 is 1.40 bits per heavy atom. The number of carboxylic acid groups (broad SMARTS) is 1. The molecular formula is C25H45N7O7S. The van der Waals surface area contributed by atoms with Crippen LogP contribution in [-0.4, -0.2) is 83.4 Å². The molecule has 9 N–H and O–H groups in total. The van der Waals surface area contributed by atoms with E-state index in [9.17, 15) is 33.9 Å². The quantitative estimate of drug-likeness (QED) is 0.0395. The van der Waals surface area contributed by atoms with Crippen LogP contribution in [0.15, 0.2) is 0 Å². The van der Waals surface area contributed by atoms with Crippen molar-refractivity contribution in [1.29, 1.82) is 5.41 Å². The minimum absolute atomic E-state index is 0.0201. The largest absolute Gasteiger partial charge is 0.480 e. The van der Waals surface area contributed by atoms with Crippen molar-refractivity contribution in [1.82, 2.24) is 26.6 Å². The molecule has 0 fully saturated rings. The summed E-state index contributed by atoms with van der Waals surface area (Å²) < 4.78 is 0. The van der Waals surface area contributed by atoms with Gasteiger partial charge in [-0.1, -0.05) is 27.7 Å². The second kappa shape index (κ2) is 18.8. The number of hydrogen-bond donors (Lipinski definition) is 9. The van der Waals surface area contributed by atoms with Gasteiger partial charge >= 0.3 is 5.97 Å². The van der Waals surface area contributed by atoms with E-state index in [4.69, 9.17) is 11.1 Å². The first-order chi connectivity index (χ1) is 18.5. The Hall–Kier alpha value is -3.36. The van der Waals surface area contributed by atoms with Crippen molar-refractivity contribution in [2.45, 2.75) is 77.6 Å². The number of aliphatic carboxylic acids is 1. The Kier molecular flexibility index (Phi) is 17.3. The topological polar surface area (TPSA) is 233 Å². The number of carbonyl (C=O) groups is 6. The number of thiol groups is 1. The normalized spacial score (nSPS) is 13.9. The molecule has 0 aromatic carbocycles. The molecule has 0 aliphatic carbocycles. The van der Waals surface area contributed by atoms with Crippen molar-refractivity contribution in [2.24, 2.45) is 23.5 Å². The molecule has 0 spiro atoms. The van der Waals surface area contributed by atoms with Crippen LogP contribution in [0.1, 0.15) is 60.3 Å². The number of rotatable bonds is 19. The van der Waals surface area contributed by atoms with Crippen LogP contribution in [0.4, 0.5) is 0 Å². The van der Waals surface area contributed by atoms with Gasteiger partial charge in [-0.25, -0.2) is 4.79 Å². The third kappa shape index (κ3) is 15.9. The molecule has 0 aromatic heterocycles. The number of carboxylic acids is 1. The lowest BCUT2D eigenvalue weighted by molar-refractivity contribution is -0.142. The fourth-order valence-corrected chi connectivity index (χ4v) is 3.97. The predicted molar refractivity (Wildman–Crippen MR) is 153 cm³/mol. The van der Waals surface area contributed by atoms with Gasteiger partial charge < -0.3 is 37.4 Å². The van der Waals surface area contributed by atoms with E-state index in [0.717, 1.165) is 0 Å². The molecule has 0 aromatic rings. The van der Waals surface area contributed by atoms with Crippen LogP contribution in [-0.2, 0) is 28.8 Å². The Morgan fingerprint density at radius 1 is 0.825 bits per heavy atom. The average Bonchev–Trinajstić information content (AvgIpc) is 2.84. The molecule has 14 nitrogen and oxygen atoms in total. The smallest absolute Gasteiger partial charge is 0.326 e. The molecule has 40 heavy (non-hydrogen) atoms. The second-order valence-electron chi connectivity index (χ2n) is 10.4. The number of ketones is 1. The number of amides is 4. The summed E-state index contributed by atoms with van der Waals surface area (Å²) in [5.41, 5.74) is 5.19. The third-order valence-electron chi connectivity index (χ3n) is 5.69. The van der Waals surface area contributed by atoms with Gasteiger partial charge in [0.15, 0.2) is 5.96 Å². The Bertz CT molecular complexity index is 914. The lowest BCUT2D eigenvalue weighted by atomic mass is 9.91. The van der Waals surface area contributed by atoms with Crippen molar-refractivity contribution in [3.63, 3.8) is 0 Å². The lowest BCUT2D eigenvalue weighted by Gasteiger charge is -2.23. The van der Waals surface area contributed by atoms with Crippen LogP contribution in [0.3, 0.4) is 0 Å². The number of hydrogen-bond acceptors (Lipinski definition) is 8. The maximum absolute atomic E-state index is 12.8. The molecular weight excluding hydrogens is 542 g/mol. The zero-order chi connectivity index (χ0) is 31.0. The number of nitrogens with two attached hydrogens (primary N) is 1. The number of Topliss-reactive ketones (excluding diaryl/α,β-unsaturated/α-hetero) is 1. The number of guanidine groups is 1. The molecule has 0 bridgehead atoms. The monoisotopic (exact) mass is 587 g/mol. The summed E-state index contributed by atoms with van der Waals surface area (Å²) in [7, 11) is 0. The van der Waals surface area contributed by atoms with Crippen molar-refractivity contribution in [3.05, 3.63) is 0 Å². The van der Waals surface area contributed by atoms with E-state index >= 15 is 0 Å². The Morgan fingerprint density at radius 3 is 1.90 bits per heavy atom. The zero-order valence-electron chi connectivity index (χ0n) is 23.8. The molecule has 228 valence electrons. The van der Waals surface area contributed by atoms with E-state index in [1.165, 1.54) is 6.92 Å². The highest BCUT2D eigenvalue weighted by molar-refractivity contribution is 7.81. The Labute approximate surface area is 240 Å². The van der Waals surface area contributed by atoms with Crippen LogP contribution >= 0.6 is 12.6 Å². The van der Waals surface area contributed by atoms with Crippen LogP contribution in [0, 0.1) is 23.2 Å². The van der Waals surface area contributed by atoms with Gasteiger partial charge in [0.05, 0.1) is 24.3 Å². The number of nitrogens with one attached hydrogen (secondary N) is 6. The first kappa shape index (κ1) is 36.6. The molecule has 4 amide bonds. The van der Waals surface area contributed by atoms with Crippen molar-refractivity contribution >= 4 is 54.0 Å². The second-order valence-corrected chi connectivity index (χ2v) is 11.0. The summed E-state index contributed by atoms with van der Waals surface area (Å²) in [4.78, 5) is 73.4. The summed E-state index contributed by atoms with van der Waals surface area (Å²) >= 11 is 4.23. The van der Waals surface area contributed by atoms with E-state index < -0.39 is 65.9 Å². The van der Waals surface area contributed by atoms with Gasteiger partial charge in [-0.15, -0.1) is 0 Å². The standard InChI is InChI=1S/C25H45N7O7S/c1-13(2)9-16(21(40)15(5)33)22(36)30-11-19(34)29-12-20(35)31-18(10-14(3)4)23(37)32-17(24(38)39)7-6-8-28-25(26)27/h13-14,16-18,21,40H,6-12H2,1-5H3,(H,29,34)(H,30,36)(H,31,35)(H,32,37)(H,38,39)(H4,26,27,28)/t16?,17-,18-,21?/m0/s1. The average molecular weight is 588 g/mol. The minimum Gasteiger partial charge on any atom is -0.480 e. The molecule has 4 atom stereocenters. The van der Waals surface area contributed by atoms with E-state index in [-0.39, 0.29) is 43.0 Å². The summed E-state index contributed by atoms with van der Waals surface area (Å²) in [5.74, 6) is -4.89. The highest BCUT2D eigenvalue weighted by Gasteiger charge is 2.30. The molecule has 0 rings (SSSR count). The fraction of sp³-hybridized carbons (Fsp3) is 0.720. The summed E-state index contributed by atoms with van der Waals surface area (Å²) in [6.07, 6.45) is 1.02. The van der Waals surface area contributed by atoms with Gasteiger partial charge in [-0.05, 0) is 44.4 Å². The van der Waals surface area contributed by atoms with E-state index in [2.05, 4.69) is 39.2 Å². The molecule has 0 aliphatic heterocycles. The van der Waals surface area contributed by atoms with Crippen LogP contribution in [0.2, 0.25) is 0 Å². The van der Waals surface area contributed by atoms with E-state index in [1.807, 2.05) is 27.7 Å². The molecule has 2 unspecified atom stereocenters. The van der Waals surface area contributed by atoms with Gasteiger partial charge in [0.1, 0.15) is 17.9 Å². The summed E-state index contributed by atoms with van der Waals surface area (Å²) in [5, 5.41) is 28.1. The SMILES string of the molecule is CC(=O)C(S)C(CC(C)C)C(=O)NCC(=O)NCC(=O)N[C@@H](CC(C)C)C(=O)N[C@@H](CCCNC(=N)N)C(=O)O. The summed E-state index contributed by atoms with van der Waals surface area (Å²) in [6, 6.07) is -2.26. The third-order valence-corrected chi connectivity index (χ3v) is 6.41. The Balaban J connectivity index is 4.96. The first-order valence-corrected chi connectivity index (χ1v) is 13.7. The molecule has 0 heterocycles. The van der Waals surface area contributed by atoms with Crippen LogP contribution in [0.5, 0.6) is 0 Å². The van der Waals surface area contributed by atoms with Gasteiger partial charge in [-0.2, -0.15) is 12.6 Å². The molecule has 15 heteroatoms. The van der Waals surface area contributed by atoms with Crippen molar-refractivity contribution in [3.8, 4) is 0 Å². The first-order valence-electron chi connectivity index (χ1n) is 13.2. The maximum Gasteiger partial charge on any atom is 0.326 e. The maximum atomic E-state index is 12.8. The fourth-order valence-electron chi connectivity index (χ4n) is 3.72. The van der Waals surface area contributed by atoms with E-state index in [1.54, 1.807) is 0 Å². The van der Waals surface area contributed by atoms with Crippen molar-refractivity contribution < 1.29 is 33.9 Å². The van der Waals surface area contributed by atoms with Crippen LogP contribution < -0.4 is 32.3 Å². The minimum atomic E-state index is -1.25. The zero-order valence-corrected chi connectivity index (χ0v) is 24.7. The molecule has 0 aliphatic rings. The van der Waals surface area contributed by atoms with Crippen molar-refractivity contribution in [2.75, 3.05) is 19.6 Å². The van der Waals surface area contributed by atoms with Gasteiger partial charge in [0.25, 0.3) is 0 Å². The van der Waals surface area contributed by atoms with E-state index in [0.29, 0.717) is 12.8 Å². The van der Waals surface area contributed by atoms with Gasteiger partial charge in [-0.3, -0.25) is 29.4 Å². The summed E-state index contributed by atoms with van der Waals surface area (Å²) in [6.45, 7) is 8.14. The molecule has 0 radical (unpaired) electrons.